The number of rotatable bonds is 8. The van der Waals surface area contributed by atoms with Crippen LogP contribution < -0.4 is 0 Å². The van der Waals surface area contributed by atoms with E-state index < -0.39 is 0 Å². The summed E-state index contributed by atoms with van der Waals surface area (Å²) in [6.07, 6.45) is 2.97. The first-order chi connectivity index (χ1) is 13.8. The molecule has 28 heavy (non-hydrogen) atoms. The molecule has 0 bridgehead atoms. The molecule has 142 valence electrons. The fraction of sp³-hybridized carbons (Fsp3) is 0.182. The van der Waals surface area contributed by atoms with Crippen LogP contribution in [-0.4, -0.2) is 31.4 Å². The van der Waals surface area contributed by atoms with Gasteiger partial charge in [0.15, 0.2) is 10.3 Å². The normalized spacial score (nSPS) is 11.0. The van der Waals surface area contributed by atoms with E-state index in [-0.39, 0.29) is 0 Å². The van der Waals surface area contributed by atoms with E-state index in [4.69, 9.17) is 4.98 Å². The zero-order valence-electron chi connectivity index (χ0n) is 15.7. The summed E-state index contributed by atoms with van der Waals surface area (Å²) < 4.78 is 0. The van der Waals surface area contributed by atoms with Crippen LogP contribution in [0.1, 0.15) is 12.1 Å². The molecule has 4 nitrogen and oxygen atoms in total. The van der Waals surface area contributed by atoms with Crippen LogP contribution in [0.3, 0.4) is 0 Å². The van der Waals surface area contributed by atoms with Crippen LogP contribution in [0.25, 0.3) is 22.5 Å². The lowest BCUT2D eigenvalue weighted by atomic mass is 10.1. The molecule has 4 rings (SSSR count). The smallest absolute Gasteiger partial charge is 0.166 e. The number of aromatic nitrogens is 4. The second-order valence-corrected chi connectivity index (χ2v) is 8.59. The van der Waals surface area contributed by atoms with Crippen molar-refractivity contribution in [3.63, 3.8) is 0 Å². The highest BCUT2D eigenvalue weighted by atomic mass is 32.2. The highest BCUT2D eigenvalue weighted by Gasteiger charge is 2.14. The van der Waals surface area contributed by atoms with E-state index in [9.17, 15) is 0 Å². The van der Waals surface area contributed by atoms with Gasteiger partial charge in [0.2, 0.25) is 0 Å². The van der Waals surface area contributed by atoms with E-state index in [0.717, 1.165) is 56.4 Å². The molecule has 0 fully saturated rings. The molecule has 0 aliphatic heterocycles. The van der Waals surface area contributed by atoms with Crippen molar-refractivity contribution in [2.75, 3.05) is 11.5 Å². The van der Waals surface area contributed by atoms with Crippen LogP contribution >= 0.6 is 23.5 Å². The third kappa shape index (κ3) is 4.69. The number of thioether (sulfide) groups is 2. The summed E-state index contributed by atoms with van der Waals surface area (Å²) in [7, 11) is 0. The Balaban J connectivity index is 1.43. The predicted molar refractivity (Wildman–Crippen MR) is 119 cm³/mol. The minimum atomic E-state index is 0.969. The maximum Gasteiger partial charge on any atom is 0.166 e. The Hall–Kier alpha value is -2.44. The molecule has 0 aliphatic rings. The first-order valence-corrected chi connectivity index (χ1v) is 11.2. The second kappa shape index (κ2) is 9.17. The Kier molecular flexibility index (Phi) is 6.19. The van der Waals surface area contributed by atoms with Crippen LogP contribution in [0.4, 0.5) is 0 Å². The van der Waals surface area contributed by atoms with Gasteiger partial charge in [-0.1, -0.05) is 84.2 Å². The van der Waals surface area contributed by atoms with Gasteiger partial charge in [0, 0.05) is 34.5 Å². The lowest BCUT2D eigenvalue weighted by molar-refractivity contribution is 1.02. The summed E-state index contributed by atoms with van der Waals surface area (Å²) in [5, 5.41) is 1.97. The molecular weight excluding hydrogens is 384 g/mol. The van der Waals surface area contributed by atoms with E-state index in [0.29, 0.717) is 0 Å². The van der Waals surface area contributed by atoms with Crippen molar-refractivity contribution >= 4 is 23.5 Å². The maximum absolute atomic E-state index is 4.90. The van der Waals surface area contributed by atoms with Crippen molar-refractivity contribution < 1.29 is 0 Å². The summed E-state index contributed by atoms with van der Waals surface area (Å²) in [6.45, 7) is 2.03. The van der Waals surface area contributed by atoms with E-state index in [2.05, 4.69) is 63.5 Å². The Morgan fingerprint density at radius 2 is 1.43 bits per heavy atom. The first kappa shape index (κ1) is 18.9. The van der Waals surface area contributed by atoms with Gasteiger partial charge in [-0.25, -0.2) is 9.97 Å². The van der Waals surface area contributed by atoms with Crippen molar-refractivity contribution in [2.24, 2.45) is 0 Å². The molecule has 2 heterocycles. The highest BCUT2D eigenvalue weighted by molar-refractivity contribution is 8.00. The van der Waals surface area contributed by atoms with E-state index >= 15 is 0 Å². The van der Waals surface area contributed by atoms with E-state index in [1.165, 1.54) is 0 Å². The van der Waals surface area contributed by atoms with Crippen molar-refractivity contribution in [1.82, 2.24) is 19.9 Å². The minimum absolute atomic E-state index is 0.969. The molecule has 0 unspecified atom stereocenters. The minimum Gasteiger partial charge on any atom is -0.337 e. The van der Waals surface area contributed by atoms with Crippen LogP contribution in [0.2, 0.25) is 0 Å². The number of hydrogen-bond acceptors (Lipinski definition) is 4. The zero-order chi connectivity index (χ0) is 19.2. The first-order valence-electron chi connectivity index (χ1n) is 9.27. The molecule has 0 spiro atoms. The van der Waals surface area contributed by atoms with E-state index in [1.807, 2.05) is 25.3 Å². The SMILES string of the molecule is Cc1cnc(SCCCSc2nc(-c3ccccc3)c(-c3ccccc3)[nH]2)[nH]1. The van der Waals surface area contributed by atoms with Crippen molar-refractivity contribution in [2.45, 2.75) is 23.7 Å². The molecule has 0 aliphatic carbocycles. The summed E-state index contributed by atoms with van der Waals surface area (Å²) in [5.74, 6) is 2.06. The fourth-order valence-corrected chi connectivity index (χ4v) is 4.73. The van der Waals surface area contributed by atoms with Crippen molar-refractivity contribution in [3.8, 4) is 22.5 Å². The maximum atomic E-state index is 4.90. The van der Waals surface area contributed by atoms with Gasteiger partial charge in [-0.3, -0.25) is 0 Å². The van der Waals surface area contributed by atoms with Crippen LogP contribution in [0.15, 0.2) is 77.2 Å². The van der Waals surface area contributed by atoms with Gasteiger partial charge in [-0.05, 0) is 13.3 Å². The molecule has 2 N–H and O–H groups in total. The average molecular weight is 407 g/mol. The molecule has 0 atom stereocenters. The number of nitrogens with one attached hydrogen (secondary N) is 2. The largest absolute Gasteiger partial charge is 0.337 e. The van der Waals surface area contributed by atoms with Gasteiger partial charge in [0.1, 0.15) is 0 Å². The molecule has 0 saturated carbocycles. The van der Waals surface area contributed by atoms with Gasteiger partial charge in [-0.2, -0.15) is 0 Å². The van der Waals surface area contributed by atoms with Gasteiger partial charge < -0.3 is 9.97 Å². The molecule has 2 aromatic heterocycles. The molecule has 0 amide bonds. The molecular formula is C22H22N4S2. The van der Waals surface area contributed by atoms with Crippen LogP contribution in [0.5, 0.6) is 0 Å². The van der Waals surface area contributed by atoms with Gasteiger partial charge in [0.25, 0.3) is 0 Å². The monoisotopic (exact) mass is 406 g/mol. The van der Waals surface area contributed by atoms with Gasteiger partial charge in [-0.15, -0.1) is 0 Å². The number of H-pyrrole nitrogens is 2. The molecule has 4 aromatic rings. The highest BCUT2D eigenvalue weighted by Crippen LogP contribution is 2.32. The van der Waals surface area contributed by atoms with Gasteiger partial charge in [0.05, 0.1) is 11.4 Å². The average Bonchev–Trinajstić information content (AvgIpc) is 3.35. The lowest BCUT2D eigenvalue weighted by Crippen LogP contribution is -1.86. The standard InChI is InChI=1S/C22H22N4S2/c1-16-15-23-21(24-16)27-13-8-14-28-22-25-19(17-9-4-2-5-10-17)20(26-22)18-11-6-3-7-12-18/h2-7,9-12,15H,8,13-14H2,1H3,(H,23,24)(H,25,26). The second-order valence-electron chi connectivity index (χ2n) is 6.42. The summed E-state index contributed by atoms with van der Waals surface area (Å²) >= 11 is 3.54. The zero-order valence-corrected chi connectivity index (χ0v) is 17.3. The molecule has 0 saturated heterocycles. The summed E-state index contributed by atoms with van der Waals surface area (Å²) in [5.41, 5.74) is 5.48. The van der Waals surface area contributed by atoms with Crippen LogP contribution in [-0.2, 0) is 0 Å². The third-order valence-electron chi connectivity index (χ3n) is 4.24. The fourth-order valence-electron chi connectivity index (χ4n) is 2.90. The Morgan fingerprint density at radius 1 is 0.786 bits per heavy atom. The number of aryl methyl sites for hydroxylation is 1. The number of nitrogens with zero attached hydrogens (tertiary/aromatic N) is 2. The topological polar surface area (TPSA) is 57.4 Å². The van der Waals surface area contributed by atoms with Gasteiger partial charge >= 0.3 is 0 Å². The molecule has 0 radical (unpaired) electrons. The Morgan fingerprint density at radius 3 is 2.07 bits per heavy atom. The molecule has 2 aromatic carbocycles. The van der Waals surface area contributed by atoms with Crippen molar-refractivity contribution in [1.29, 1.82) is 0 Å². The summed E-state index contributed by atoms with van der Waals surface area (Å²) in [6, 6.07) is 20.8. The van der Waals surface area contributed by atoms with Crippen molar-refractivity contribution in [3.05, 3.63) is 72.6 Å². The Labute approximate surface area is 173 Å². The number of aromatic amines is 2. The quantitative estimate of drug-likeness (QED) is 0.276. The summed E-state index contributed by atoms with van der Waals surface area (Å²) in [4.78, 5) is 16.0. The Bertz CT molecular complexity index is 952. The number of hydrogen-bond donors (Lipinski definition) is 2. The lowest BCUT2D eigenvalue weighted by Gasteiger charge is -2.02. The number of benzene rings is 2. The predicted octanol–water partition coefficient (Wildman–Crippen LogP) is 6.05. The third-order valence-corrected chi connectivity index (χ3v) is 6.17. The molecule has 6 heteroatoms. The van der Waals surface area contributed by atoms with E-state index in [1.54, 1.807) is 23.5 Å². The van der Waals surface area contributed by atoms with Crippen LogP contribution in [0, 0.1) is 6.92 Å². The number of imidazole rings is 2.